The molecule has 370 valence electrons. The number of unbranched alkanes of at least 4 members (excludes halogenated alkanes) is 27. The zero-order valence-corrected chi connectivity index (χ0v) is 42.5. The molecule has 1 atom stereocenters. The lowest BCUT2D eigenvalue weighted by Crippen LogP contribution is -2.30. The van der Waals surface area contributed by atoms with Crippen LogP contribution in [-0.4, -0.2) is 37.9 Å². The van der Waals surface area contributed by atoms with Gasteiger partial charge >= 0.3 is 11.9 Å². The molecule has 64 heavy (non-hydrogen) atoms. The van der Waals surface area contributed by atoms with Gasteiger partial charge in [-0.25, -0.2) is 0 Å². The Balaban J connectivity index is 4.28. The van der Waals surface area contributed by atoms with Gasteiger partial charge in [-0.05, 0) is 89.9 Å². The van der Waals surface area contributed by atoms with E-state index in [-0.39, 0.29) is 25.2 Å². The van der Waals surface area contributed by atoms with E-state index in [0.29, 0.717) is 19.4 Å². The Morgan fingerprint density at radius 3 is 1.16 bits per heavy atom. The van der Waals surface area contributed by atoms with E-state index in [9.17, 15) is 9.59 Å². The molecule has 0 rings (SSSR count). The van der Waals surface area contributed by atoms with Gasteiger partial charge in [0.15, 0.2) is 6.10 Å². The van der Waals surface area contributed by atoms with Crippen LogP contribution in [0.4, 0.5) is 0 Å². The predicted molar refractivity (Wildman–Crippen MR) is 279 cm³/mol. The Morgan fingerprint density at radius 1 is 0.359 bits per heavy atom. The fourth-order valence-electron chi connectivity index (χ4n) is 7.65. The first kappa shape index (κ1) is 61.3. The van der Waals surface area contributed by atoms with Gasteiger partial charge in [-0.2, -0.15) is 0 Å². The van der Waals surface area contributed by atoms with Crippen LogP contribution in [0.5, 0.6) is 0 Å². The summed E-state index contributed by atoms with van der Waals surface area (Å²) in [4.78, 5) is 25.5. The molecule has 0 N–H and O–H groups in total. The topological polar surface area (TPSA) is 61.8 Å². The predicted octanol–water partition coefficient (Wildman–Crippen LogP) is 18.7. The largest absolute Gasteiger partial charge is 0.462 e. The van der Waals surface area contributed by atoms with Crippen LogP contribution in [0.2, 0.25) is 0 Å². The Bertz CT molecular complexity index is 1150. The first-order valence-electron chi connectivity index (χ1n) is 27.5. The summed E-state index contributed by atoms with van der Waals surface area (Å²) in [5.41, 5.74) is 0. The molecule has 0 heterocycles. The van der Waals surface area contributed by atoms with Gasteiger partial charge < -0.3 is 14.2 Å². The summed E-state index contributed by atoms with van der Waals surface area (Å²) >= 11 is 0. The number of carbonyl (C=O) groups is 2. The number of ether oxygens (including phenoxy) is 3. The van der Waals surface area contributed by atoms with E-state index in [0.717, 1.165) is 89.9 Å². The third-order valence-corrected chi connectivity index (χ3v) is 11.7. The molecule has 0 spiro atoms. The molecule has 0 aromatic carbocycles. The van der Waals surface area contributed by atoms with E-state index in [1.54, 1.807) is 0 Å². The third-order valence-electron chi connectivity index (χ3n) is 11.7. The van der Waals surface area contributed by atoms with Crippen molar-refractivity contribution in [1.82, 2.24) is 0 Å². The van der Waals surface area contributed by atoms with Gasteiger partial charge in [0, 0.05) is 19.4 Å². The summed E-state index contributed by atoms with van der Waals surface area (Å²) in [6.45, 7) is 7.69. The Labute approximate surface area is 397 Å². The second-order valence-electron chi connectivity index (χ2n) is 18.1. The Kier molecular flexibility index (Phi) is 52.4. The molecule has 0 saturated heterocycles. The van der Waals surface area contributed by atoms with E-state index >= 15 is 0 Å². The summed E-state index contributed by atoms with van der Waals surface area (Å²) in [6.07, 6.45) is 70.5. The van der Waals surface area contributed by atoms with Crippen molar-refractivity contribution in [2.24, 2.45) is 0 Å². The normalized spacial score (nSPS) is 12.7. The average Bonchev–Trinajstić information content (AvgIpc) is 3.30. The lowest BCUT2D eigenvalue weighted by atomic mass is 10.1. The molecule has 0 saturated carbocycles. The summed E-state index contributed by atoms with van der Waals surface area (Å²) in [6, 6.07) is 0. The van der Waals surface area contributed by atoms with Crippen LogP contribution in [0, 0.1) is 0 Å². The van der Waals surface area contributed by atoms with Crippen molar-refractivity contribution in [2.75, 3.05) is 19.8 Å². The summed E-state index contributed by atoms with van der Waals surface area (Å²) in [7, 11) is 0. The highest BCUT2D eigenvalue weighted by Crippen LogP contribution is 2.15. The molecule has 0 fully saturated rings. The van der Waals surface area contributed by atoms with Crippen molar-refractivity contribution in [3.8, 4) is 0 Å². The minimum Gasteiger partial charge on any atom is -0.462 e. The fraction of sp³-hybridized carbons (Fsp3) is 0.763. The lowest BCUT2D eigenvalue weighted by Gasteiger charge is -2.18. The van der Waals surface area contributed by atoms with Gasteiger partial charge in [-0.1, -0.05) is 235 Å². The highest BCUT2D eigenvalue weighted by atomic mass is 16.6. The Hall–Kier alpha value is -2.66. The van der Waals surface area contributed by atoms with Crippen molar-refractivity contribution >= 4 is 11.9 Å². The average molecular weight is 893 g/mol. The molecule has 5 heteroatoms. The van der Waals surface area contributed by atoms with Crippen LogP contribution in [0.1, 0.15) is 265 Å². The van der Waals surface area contributed by atoms with E-state index in [4.69, 9.17) is 14.2 Å². The summed E-state index contributed by atoms with van der Waals surface area (Å²) in [5, 5.41) is 0. The van der Waals surface area contributed by atoms with Crippen molar-refractivity contribution in [1.29, 1.82) is 0 Å². The van der Waals surface area contributed by atoms with Crippen LogP contribution < -0.4 is 0 Å². The molecule has 0 radical (unpaired) electrons. The van der Waals surface area contributed by atoms with Crippen molar-refractivity contribution < 1.29 is 23.8 Å². The maximum absolute atomic E-state index is 12.8. The second kappa shape index (κ2) is 54.7. The first-order chi connectivity index (χ1) is 31.6. The SMILES string of the molecule is CC/C=C\C/C=C\C/C=C\C/C=C\CCCCCCC(=O)OC(COCCCCCCCCCCCCCC)COC(=O)CCCCCCCCCCC/C=C\C/C=C\CCCCC. The fourth-order valence-corrected chi connectivity index (χ4v) is 7.65. The minimum atomic E-state index is -0.551. The molecule has 0 aromatic heterocycles. The smallest absolute Gasteiger partial charge is 0.306 e. The van der Waals surface area contributed by atoms with Gasteiger partial charge in [-0.3, -0.25) is 9.59 Å². The highest BCUT2D eigenvalue weighted by molar-refractivity contribution is 5.70. The van der Waals surface area contributed by atoms with Crippen molar-refractivity contribution in [3.63, 3.8) is 0 Å². The van der Waals surface area contributed by atoms with Crippen molar-refractivity contribution in [2.45, 2.75) is 271 Å². The maximum atomic E-state index is 12.8. The van der Waals surface area contributed by atoms with Crippen LogP contribution in [0.3, 0.4) is 0 Å². The summed E-state index contributed by atoms with van der Waals surface area (Å²) in [5.74, 6) is -0.422. The van der Waals surface area contributed by atoms with Crippen LogP contribution in [-0.2, 0) is 23.8 Å². The number of hydrogen-bond acceptors (Lipinski definition) is 5. The highest BCUT2D eigenvalue weighted by Gasteiger charge is 2.17. The number of esters is 2. The minimum absolute atomic E-state index is 0.0733. The van der Waals surface area contributed by atoms with Crippen LogP contribution in [0.15, 0.2) is 72.9 Å². The first-order valence-corrected chi connectivity index (χ1v) is 27.5. The molecular weight excluding hydrogens is 789 g/mol. The van der Waals surface area contributed by atoms with E-state index in [2.05, 4.69) is 93.7 Å². The maximum Gasteiger partial charge on any atom is 0.306 e. The van der Waals surface area contributed by atoms with Gasteiger partial charge in [0.1, 0.15) is 6.61 Å². The van der Waals surface area contributed by atoms with Crippen LogP contribution >= 0.6 is 0 Å². The zero-order chi connectivity index (χ0) is 46.3. The van der Waals surface area contributed by atoms with E-state index in [1.807, 2.05) is 0 Å². The third kappa shape index (κ3) is 52.0. The molecule has 0 bridgehead atoms. The molecule has 0 aromatic rings. The lowest BCUT2D eigenvalue weighted by molar-refractivity contribution is -0.163. The molecule has 0 aliphatic heterocycles. The monoisotopic (exact) mass is 893 g/mol. The van der Waals surface area contributed by atoms with E-state index < -0.39 is 6.10 Å². The summed E-state index contributed by atoms with van der Waals surface area (Å²) < 4.78 is 17.4. The number of carbonyl (C=O) groups excluding carboxylic acids is 2. The standard InChI is InChI=1S/C59H104O5/c1-4-7-10-13-16-19-22-25-27-29-30-32-33-35-37-40-43-46-49-52-58(60)63-56-57(55-62-54-51-48-45-42-39-24-21-18-15-12-9-6-3)64-59(61)53-50-47-44-41-38-36-34-31-28-26-23-20-17-14-11-8-5-2/h8,11,16-17,19-20,25-28,34,36,57H,4-7,9-10,12-15,18,21-24,29-33,35,37-56H2,1-3H3/b11-8-,19-16-,20-17-,27-25-,28-26-,36-34-. The number of rotatable bonds is 50. The van der Waals surface area contributed by atoms with Gasteiger partial charge in [-0.15, -0.1) is 0 Å². The number of allylic oxidation sites excluding steroid dienone is 12. The molecule has 0 aliphatic carbocycles. The van der Waals surface area contributed by atoms with Gasteiger partial charge in [0.25, 0.3) is 0 Å². The quantitative estimate of drug-likeness (QED) is 0.0346. The van der Waals surface area contributed by atoms with E-state index in [1.165, 1.54) is 141 Å². The number of hydrogen-bond donors (Lipinski definition) is 0. The van der Waals surface area contributed by atoms with Gasteiger partial charge in [0.2, 0.25) is 0 Å². The molecule has 0 amide bonds. The van der Waals surface area contributed by atoms with Gasteiger partial charge in [0.05, 0.1) is 6.61 Å². The zero-order valence-electron chi connectivity index (χ0n) is 42.5. The molecule has 0 aliphatic rings. The van der Waals surface area contributed by atoms with Crippen LogP contribution in [0.25, 0.3) is 0 Å². The molecule has 5 nitrogen and oxygen atoms in total. The van der Waals surface area contributed by atoms with Crippen molar-refractivity contribution in [3.05, 3.63) is 72.9 Å². The second-order valence-corrected chi connectivity index (χ2v) is 18.1. The Morgan fingerprint density at radius 2 is 0.703 bits per heavy atom. The molecule has 1 unspecified atom stereocenters. The molecular formula is C59H104O5.